The smallest absolute Gasteiger partial charge is 0.119 e. The zero-order chi connectivity index (χ0) is 12.9. The van der Waals surface area contributed by atoms with Gasteiger partial charge in [0.05, 0.1) is 6.61 Å². The van der Waals surface area contributed by atoms with Crippen LogP contribution in [0, 0.1) is 5.92 Å². The van der Waals surface area contributed by atoms with E-state index in [4.69, 9.17) is 10.5 Å². The summed E-state index contributed by atoms with van der Waals surface area (Å²) in [7, 11) is 0. The predicted octanol–water partition coefficient (Wildman–Crippen LogP) is 3.70. The Morgan fingerprint density at radius 1 is 1.18 bits per heavy atom. The molecule has 0 aromatic heterocycles. The van der Waals surface area contributed by atoms with Gasteiger partial charge in [-0.2, -0.15) is 0 Å². The van der Waals surface area contributed by atoms with Crippen molar-refractivity contribution in [3.8, 4) is 5.75 Å². The molecule has 0 fully saturated rings. The first kappa shape index (κ1) is 14.0. The molecule has 0 amide bonds. The van der Waals surface area contributed by atoms with E-state index in [1.54, 1.807) is 0 Å². The second kappa shape index (κ2) is 6.06. The monoisotopic (exact) mass is 235 g/mol. The third kappa shape index (κ3) is 3.22. The highest BCUT2D eigenvalue weighted by Crippen LogP contribution is 2.31. The number of ether oxygens (including phenoxy) is 1. The van der Waals surface area contributed by atoms with E-state index in [1.807, 2.05) is 12.1 Å². The lowest BCUT2D eigenvalue weighted by Crippen LogP contribution is -2.41. The molecule has 1 atom stereocenters. The van der Waals surface area contributed by atoms with Crippen LogP contribution >= 0.6 is 0 Å². The first-order valence-corrected chi connectivity index (χ1v) is 6.56. The van der Waals surface area contributed by atoms with E-state index >= 15 is 0 Å². The molecule has 96 valence electrons. The molecule has 2 N–H and O–H groups in total. The van der Waals surface area contributed by atoms with Gasteiger partial charge in [-0.05, 0) is 36.5 Å². The molecule has 0 bridgehead atoms. The van der Waals surface area contributed by atoms with E-state index in [-0.39, 0.29) is 5.54 Å². The average molecular weight is 235 g/mol. The van der Waals surface area contributed by atoms with Crippen molar-refractivity contribution in [2.75, 3.05) is 6.61 Å². The van der Waals surface area contributed by atoms with Crippen molar-refractivity contribution in [3.05, 3.63) is 29.8 Å². The van der Waals surface area contributed by atoms with E-state index < -0.39 is 0 Å². The summed E-state index contributed by atoms with van der Waals surface area (Å²) in [5.41, 5.74) is 7.43. The van der Waals surface area contributed by atoms with Crippen LogP contribution in [0.15, 0.2) is 24.3 Å². The van der Waals surface area contributed by atoms with Gasteiger partial charge in [-0.1, -0.05) is 39.8 Å². The molecule has 0 aliphatic rings. The summed E-state index contributed by atoms with van der Waals surface area (Å²) >= 11 is 0. The summed E-state index contributed by atoms with van der Waals surface area (Å²) in [6, 6.07) is 8.22. The Morgan fingerprint density at radius 2 is 1.76 bits per heavy atom. The lowest BCUT2D eigenvalue weighted by molar-refractivity contribution is 0.302. The quantitative estimate of drug-likeness (QED) is 0.816. The molecule has 1 aromatic carbocycles. The lowest BCUT2D eigenvalue weighted by Gasteiger charge is -2.33. The third-order valence-electron chi connectivity index (χ3n) is 3.48. The second-order valence-corrected chi connectivity index (χ2v) is 4.92. The first-order valence-electron chi connectivity index (χ1n) is 6.56. The van der Waals surface area contributed by atoms with Gasteiger partial charge in [-0.15, -0.1) is 0 Å². The van der Waals surface area contributed by atoms with Gasteiger partial charge in [0.2, 0.25) is 0 Å². The van der Waals surface area contributed by atoms with Crippen LogP contribution in [0.25, 0.3) is 0 Å². The Bertz CT molecular complexity index is 331. The topological polar surface area (TPSA) is 35.2 Å². The van der Waals surface area contributed by atoms with Crippen LogP contribution in [0.3, 0.4) is 0 Å². The molecule has 1 rings (SSSR count). The summed E-state index contributed by atoms with van der Waals surface area (Å²) in [5.74, 6) is 1.35. The van der Waals surface area contributed by atoms with E-state index in [1.165, 1.54) is 5.56 Å². The number of rotatable bonds is 6. The fraction of sp³-hybridized carbons (Fsp3) is 0.600. The van der Waals surface area contributed by atoms with Gasteiger partial charge in [-0.3, -0.25) is 0 Å². The minimum Gasteiger partial charge on any atom is -0.494 e. The molecule has 0 saturated carbocycles. The molecule has 0 heterocycles. The summed E-state index contributed by atoms with van der Waals surface area (Å²) < 4.78 is 5.58. The van der Waals surface area contributed by atoms with Crippen LogP contribution in [0.2, 0.25) is 0 Å². The number of hydrogen-bond donors (Lipinski definition) is 1. The van der Waals surface area contributed by atoms with Gasteiger partial charge < -0.3 is 10.5 Å². The Hall–Kier alpha value is -1.02. The van der Waals surface area contributed by atoms with Crippen molar-refractivity contribution >= 4 is 0 Å². The van der Waals surface area contributed by atoms with Crippen molar-refractivity contribution in [1.82, 2.24) is 0 Å². The lowest BCUT2D eigenvalue weighted by atomic mass is 9.79. The summed E-state index contributed by atoms with van der Waals surface area (Å²) in [4.78, 5) is 0. The van der Waals surface area contributed by atoms with E-state index in [9.17, 15) is 0 Å². The number of benzene rings is 1. The second-order valence-electron chi connectivity index (χ2n) is 4.92. The van der Waals surface area contributed by atoms with Crippen LogP contribution in [0.5, 0.6) is 5.75 Å². The molecule has 0 radical (unpaired) electrons. The molecule has 2 heteroatoms. The van der Waals surface area contributed by atoms with Gasteiger partial charge in [0.15, 0.2) is 0 Å². The van der Waals surface area contributed by atoms with Crippen molar-refractivity contribution in [1.29, 1.82) is 0 Å². The molecule has 0 aliphatic carbocycles. The zero-order valence-electron chi connectivity index (χ0n) is 11.5. The van der Waals surface area contributed by atoms with Gasteiger partial charge in [-0.25, -0.2) is 0 Å². The van der Waals surface area contributed by atoms with Gasteiger partial charge >= 0.3 is 0 Å². The molecule has 17 heavy (non-hydrogen) atoms. The maximum absolute atomic E-state index is 6.47. The fourth-order valence-electron chi connectivity index (χ4n) is 2.03. The van der Waals surface area contributed by atoms with Gasteiger partial charge in [0, 0.05) is 5.54 Å². The van der Waals surface area contributed by atoms with Crippen molar-refractivity contribution in [2.24, 2.45) is 11.7 Å². The van der Waals surface area contributed by atoms with Gasteiger partial charge in [0.25, 0.3) is 0 Å². The highest BCUT2D eigenvalue weighted by molar-refractivity contribution is 5.32. The van der Waals surface area contributed by atoms with Crippen LogP contribution in [0.1, 0.15) is 46.1 Å². The summed E-state index contributed by atoms with van der Waals surface area (Å²) in [6.07, 6.45) is 1.98. The average Bonchev–Trinajstić information content (AvgIpc) is 2.35. The van der Waals surface area contributed by atoms with Crippen LogP contribution in [0.4, 0.5) is 0 Å². The van der Waals surface area contributed by atoms with Crippen LogP contribution in [-0.4, -0.2) is 6.61 Å². The molecule has 2 nitrogen and oxygen atoms in total. The predicted molar refractivity (Wildman–Crippen MR) is 73.2 cm³/mol. The van der Waals surface area contributed by atoms with Crippen LogP contribution in [-0.2, 0) is 5.54 Å². The Morgan fingerprint density at radius 3 is 2.18 bits per heavy atom. The summed E-state index contributed by atoms with van der Waals surface area (Å²) in [5, 5.41) is 0. The molecule has 0 aliphatic heterocycles. The molecule has 1 aromatic rings. The van der Waals surface area contributed by atoms with Crippen molar-refractivity contribution < 1.29 is 4.74 Å². The molecule has 0 saturated heterocycles. The molecule has 0 spiro atoms. The van der Waals surface area contributed by atoms with E-state index in [2.05, 4.69) is 39.8 Å². The van der Waals surface area contributed by atoms with E-state index in [0.717, 1.165) is 25.2 Å². The largest absolute Gasteiger partial charge is 0.494 e. The van der Waals surface area contributed by atoms with Crippen molar-refractivity contribution in [2.45, 2.75) is 46.1 Å². The maximum Gasteiger partial charge on any atom is 0.119 e. The molecular formula is C15H25NO. The number of nitrogens with two attached hydrogens (primary N) is 1. The summed E-state index contributed by atoms with van der Waals surface area (Å²) in [6.45, 7) is 9.36. The number of hydrogen-bond acceptors (Lipinski definition) is 2. The normalized spacial score (nSPS) is 14.7. The highest BCUT2D eigenvalue weighted by atomic mass is 16.5. The fourth-order valence-corrected chi connectivity index (χ4v) is 2.03. The highest BCUT2D eigenvalue weighted by Gasteiger charge is 2.28. The molecular weight excluding hydrogens is 210 g/mol. The van der Waals surface area contributed by atoms with Gasteiger partial charge in [0.1, 0.15) is 5.75 Å². The first-order chi connectivity index (χ1) is 8.04. The van der Waals surface area contributed by atoms with Crippen LogP contribution < -0.4 is 10.5 Å². The SMILES string of the molecule is CCCOc1ccc(C(N)(CC)C(C)C)cc1. The zero-order valence-corrected chi connectivity index (χ0v) is 11.5. The van der Waals surface area contributed by atoms with E-state index in [0.29, 0.717) is 5.92 Å². The Balaban J connectivity index is 2.85. The maximum atomic E-state index is 6.47. The standard InChI is InChI=1S/C15H25NO/c1-5-11-17-14-9-7-13(8-10-14)15(16,6-2)12(3)4/h7-10,12H,5-6,11,16H2,1-4H3. The minimum absolute atomic E-state index is 0.233. The third-order valence-corrected chi connectivity index (χ3v) is 3.48. The minimum atomic E-state index is -0.233. The Labute approximate surface area is 105 Å². The Kier molecular flexibility index (Phi) is 5.01. The van der Waals surface area contributed by atoms with Crippen molar-refractivity contribution in [3.63, 3.8) is 0 Å². The molecule has 1 unspecified atom stereocenters.